The van der Waals surface area contributed by atoms with Crippen molar-refractivity contribution in [2.24, 2.45) is 16.5 Å². The predicted octanol–water partition coefficient (Wildman–Crippen LogP) is 3.98. The van der Waals surface area contributed by atoms with Crippen LogP contribution in [0.2, 0.25) is 0 Å². The van der Waals surface area contributed by atoms with Crippen LogP contribution in [-0.2, 0) is 6.54 Å². The van der Waals surface area contributed by atoms with Gasteiger partial charge < -0.3 is 16.8 Å². The minimum Gasteiger partial charge on any atom is -0.370 e. The van der Waals surface area contributed by atoms with Gasteiger partial charge in [-0.2, -0.15) is 0 Å². The van der Waals surface area contributed by atoms with Crippen LogP contribution in [0.1, 0.15) is 18.4 Å². The molecule has 3 aromatic rings. The third kappa shape index (κ3) is 5.49. The SMILES string of the molecule is Cl.Cl.NC(N)=NCCCCNCc1c2ccccc2cc2ccccc12. The molecule has 3 aromatic carbocycles. The quantitative estimate of drug-likeness (QED) is 0.246. The monoisotopic (exact) mass is 392 g/mol. The van der Waals surface area contributed by atoms with Gasteiger partial charge in [0.05, 0.1) is 0 Å². The molecule has 0 aliphatic rings. The number of nitrogens with one attached hydrogen (secondary N) is 1. The zero-order chi connectivity index (χ0) is 16.8. The van der Waals surface area contributed by atoms with Gasteiger partial charge in [0.2, 0.25) is 0 Å². The van der Waals surface area contributed by atoms with Gasteiger partial charge >= 0.3 is 0 Å². The summed E-state index contributed by atoms with van der Waals surface area (Å²) >= 11 is 0. The molecular weight excluding hydrogens is 367 g/mol. The van der Waals surface area contributed by atoms with Crippen molar-refractivity contribution < 1.29 is 0 Å². The average Bonchev–Trinajstić information content (AvgIpc) is 2.59. The van der Waals surface area contributed by atoms with Crippen molar-refractivity contribution in [3.63, 3.8) is 0 Å². The van der Waals surface area contributed by atoms with Gasteiger partial charge in [-0.25, -0.2) is 0 Å². The minimum atomic E-state index is 0. The zero-order valence-electron chi connectivity index (χ0n) is 14.7. The maximum atomic E-state index is 5.33. The van der Waals surface area contributed by atoms with Gasteiger partial charge in [0.25, 0.3) is 0 Å². The van der Waals surface area contributed by atoms with Crippen molar-refractivity contribution >= 4 is 52.3 Å². The summed E-state index contributed by atoms with van der Waals surface area (Å²) in [5, 5.41) is 8.79. The van der Waals surface area contributed by atoms with E-state index >= 15 is 0 Å². The fourth-order valence-electron chi connectivity index (χ4n) is 3.08. The highest BCUT2D eigenvalue weighted by Crippen LogP contribution is 2.28. The van der Waals surface area contributed by atoms with Crippen LogP contribution in [0.15, 0.2) is 59.6 Å². The number of benzene rings is 3. The lowest BCUT2D eigenvalue weighted by Crippen LogP contribution is -2.23. The fraction of sp³-hybridized carbons (Fsp3) is 0.250. The van der Waals surface area contributed by atoms with Gasteiger partial charge in [0.15, 0.2) is 5.96 Å². The van der Waals surface area contributed by atoms with Crippen molar-refractivity contribution in [1.29, 1.82) is 0 Å². The molecule has 0 saturated heterocycles. The van der Waals surface area contributed by atoms with E-state index in [1.165, 1.54) is 27.1 Å². The molecule has 0 aromatic heterocycles. The zero-order valence-corrected chi connectivity index (χ0v) is 16.3. The van der Waals surface area contributed by atoms with E-state index in [0.29, 0.717) is 6.54 Å². The maximum absolute atomic E-state index is 5.33. The molecule has 0 saturated carbocycles. The molecule has 0 unspecified atom stereocenters. The van der Waals surface area contributed by atoms with Crippen molar-refractivity contribution in [1.82, 2.24) is 5.32 Å². The number of fused-ring (bicyclic) bond motifs is 2. The summed E-state index contributed by atoms with van der Waals surface area (Å²) in [5.74, 6) is 0.171. The van der Waals surface area contributed by atoms with E-state index in [2.05, 4.69) is 64.9 Å². The van der Waals surface area contributed by atoms with Gasteiger partial charge in [-0.1, -0.05) is 48.5 Å². The molecule has 0 atom stereocenters. The van der Waals surface area contributed by atoms with E-state index in [1.54, 1.807) is 0 Å². The molecule has 0 aliphatic carbocycles. The molecule has 3 rings (SSSR count). The first-order chi connectivity index (χ1) is 11.8. The van der Waals surface area contributed by atoms with Gasteiger partial charge in [-0.15, -0.1) is 24.8 Å². The van der Waals surface area contributed by atoms with Crippen molar-refractivity contribution in [3.05, 3.63) is 60.2 Å². The summed E-state index contributed by atoms with van der Waals surface area (Å²) in [6.07, 6.45) is 2.04. The Morgan fingerprint density at radius 1 is 0.846 bits per heavy atom. The molecule has 0 aliphatic heterocycles. The van der Waals surface area contributed by atoms with Gasteiger partial charge in [0, 0.05) is 13.1 Å². The number of nitrogens with zero attached hydrogens (tertiary/aromatic N) is 1. The summed E-state index contributed by atoms with van der Waals surface area (Å²) in [5.41, 5.74) is 12.0. The summed E-state index contributed by atoms with van der Waals surface area (Å²) in [7, 11) is 0. The largest absolute Gasteiger partial charge is 0.370 e. The molecule has 140 valence electrons. The second kappa shape index (κ2) is 10.9. The van der Waals surface area contributed by atoms with Crippen molar-refractivity contribution in [2.45, 2.75) is 19.4 Å². The second-order valence-corrected chi connectivity index (χ2v) is 5.99. The molecule has 0 amide bonds. The number of rotatable bonds is 7. The van der Waals surface area contributed by atoms with E-state index in [9.17, 15) is 0 Å². The van der Waals surface area contributed by atoms with Crippen LogP contribution in [0.25, 0.3) is 21.5 Å². The van der Waals surface area contributed by atoms with Crippen LogP contribution >= 0.6 is 24.8 Å². The highest BCUT2D eigenvalue weighted by molar-refractivity contribution is 6.02. The lowest BCUT2D eigenvalue weighted by molar-refractivity contribution is 0.631. The van der Waals surface area contributed by atoms with Crippen LogP contribution in [-0.4, -0.2) is 19.0 Å². The van der Waals surface area contributed by atoms with E-state index in [4.69, 9.17) is 11.5 Å². The number of halogens is 2. The third-order valence-electron chi connectivity index (χ3n) is 4.24. The molecule has 0 radical (unpaired) electrons. The van der Waals surface area contributed by atoms with Gasteiger partial charge in [-0.3, -0.25) is 4.99 Å². The van der Waals surface area contributed by atoms with E-state index in [1.807, 2.05) is 0 Å². The van der Waals surface area contributed by atoms with Crippen LogP contribution in [0.4, 0.5) is 0 Å². The summed E-state index contributed by atoms with van der Waals surface area (Å²) in [6, 6.07) is 19.4. The molecule has 5 N–H and O–H groups in total. The average molecular weight is 393 g/mol. The van der Waals surface area contributed by atoms with Gasteiger partial charge in [-0.05, 0) is 52.6 Å². The van der Waals surface area contributed by atoms with Gasteiger partial charge in [0.1, 0.15) is 0 Å². The normalized spacial score (nSPS) is 10.2. The molecule has 26 heavy (non-hydrogen) atoms. The Hall–Kier alpha value is -2.01. The number of aliphatic imine (C=N–C) groups is 1. The number of unbranched alkanes of at least 4 members (excludes halogenated alkanes) is 1. The summed E-state index contributed by atoms with van der Waals surface area (Å²) in [4.78, 5) is 4.01. The first-order valence-electron chi connectivity index (χ1n) is 8.41. The Morgan fingerprint density at radius 2 is 1.42 bits per heavy atom. The summed E-state index contributed by atoms with van der Waals surface area (Å²) < 4.78 is 0. The predicted molar refractivity (Wildman–Crippen MR) is 118 cm³/mol. The first kappa shape index (κ1) is 22.0. The Balaban J connectivity index is 0.00000169. The lowest BCUT2D eigenvalue weighted by atomic mass is 9.97. The van der Waals surface area contributed by atoms with E-state index in [0.717, 1.165) is 25.9 Å². The third-order valence-corrected chi connectivity index (χ3v) is 4.24. The molecule has 6 heteroatoms. The first-order valence-corrected chi connectivity index (χ1v) is 8.41. The Morgan fingerprint density at radius 3 is 2.00 bits per heavy atom. The van der Waals surface area contributed by atoms with Crippen molar-refractivity contribution in [3.8, 4) is 0 Å². The van der Waals surface area contributed by atoms with Crippen LogP contribution < -0.4 is 16.8 Å². The second-order valence-electron chi connectivity index (χ2n) is 5.99. The number of nitrogens with two attached hydrogens (primary N) is 2. The Bertz CT molecular complexity index is 807. The molecular formula is C20H26Cl2N4. The van der Waals surface area contributed by atoms with E-state index < -0.39 is 0 Å². The fourth-order valence-corrected chi connectivity index (χ4v) is 3.08. The summed E-state index contributed by atoms with van der Waals surface area (Å²) in [6.45, 7) is 2.52. The van der Waals surface area contributed by atoms with Crippen LogP contribution in [0.3, 0.4) is 0 Å². The number of hydrogen-bond acceptors (Lipinski definition) is 2. The smallest absolute Gasteiger partial charge is 0.185 e. The molecule has 0 bridgehead atoms. The topological polar surface area (TPSA) is 76.4 Å². The Labute approximate surface area is 166 Å². The lowest BCUT2D eigenvalue weighted by Gasteiger charge is -2.12. The molecule has 4 nitrogen and oxygen atoms in total. The van der Waals surface area contributed by atoms with E-state index in [-0.39, 0.29) is 30.8 Å². The van der Waals surface area contributed by atoms with Crippen molar-refractivity contribution in [2.75, 3.05) is 13.1 Å². The molecule has 0 spiro atoms. The van der Waals surface area contributed by atoms with Crippen LogP contribution in [0, 0.1) is 0 Å². The number of guanidine groups is 1. The maximum Gasteiger partial charge on any atom is 0.185 e. The Kier molecular flexibility index (Phi) is 9.21. The molecule has 0 heterocycles. The highest BCUT2D eigenvalue weighted by atomic mass is 35.5. The highest BCUT2D eigenvalue weighted by Gasteiger charge is 2.06. The minimum absolute atomic E-state index is 0. The molecule has 0 fully saturated rings. The van der Waals surface area contributed by atoms with Crippen LogP contribution in [0.5, 0.6) is 0 Å². The standard InChI is InChI=1S/C20H24N4.2ClH/c21-20(22)24-12-6-5-11-23-14-19-17-9-3-1-7-15(17)13-16-8-2-4-10-18(16)19;;/h1-4,7-10,13,23H,5-6,11-12,14H2,(H4,21,22,24);2*1H. The number of hydrogen-bond donors (Lipinski definition) is 3.